The third kappa shape index (κ3) is 2.77. The van der Waals surface area contributed by atoms with Crippen LogP contribution in [0.25, 0.3) is 0 Å². The van der Waals surface area contributed by atoms with E-state index < -0.39 is 41.0 Å². The van der Waals surface area contributed by atoms with Gasteiger partial charge < -0.3 is 4.74 Å². The van der Waals surface area contributed by atoms with Crippen LogP contribution in [0.5, 0.6) is 0 Å². The molecule has 5 heteroatoms. The van der Waals surface area contributed by atoms with Crippen LogP contribution in [-0.2, 0) is 11.3 Å². The second-order valence-electron chi connectivity index (χ2n) is 3.28. The molecule has 0 aliphatic heterocycles. The lowest BCUT2D eigenvalue weighted by molar-refractivity contribution is 0.145. The maximum atomic E-state index is 13.3. The fourth-order valence-electron chi connectivity index (χ4n) is 1.19. The van der Waals surface area contributed by atoms with Crippen molar-refractivity contribution in [2.45, 2.75) is 20.5 Å². The van der Waals surface area contributed by atoms with Gasteiger partial charge >= 0.3 is 0 Å². The van der Waals surface area contributed by atoms with Gasteiger partial charge in [-0.15, -0.1) is 5.92 Å². The zero-order chi connectivity index (χ0) is 13.0. The number of hydrogen-bond donors (Lipinski definition) is 0. The van der Waals surface area contributed by atoms with E-state index in [4.69, 9.17) is 4.74 Å². The number of rotatable bonds is 3. The molecule has 1 rings (SSSR count). The Balaban J connectivity index is 3.02. The zero-order valence-electron chi connectivity index (χ0n) is 9.33. The molecule has 0 unspecified atom stereocenters. The first kappa shape index (κ1) is 13.5. The standard InChI is InChI=1S/C12H10F4O/c1-3-4-5-17-6-8-11(15)9(13)7(2)10(14)12(8)16/h5-6H2,1-2H3. The molecule has 0 radical (unpaired) electrons. The molecule has 17 heavy (non-hydrogen) atoms. The van der Waals surface area contributed by atoms with Crippen LogP contribution in [0.2, 0.25) is 0 Å². The molecular weight excluding hydrogens is 236 g/mol. The summed E-state index contributed by atoms with van der Waals surface area (Å²) in [5, 5.41) is 0. The van der Waals surface area contributed by atoms with Gasteiger partial charge in [0.25, 0.3) is 0 Å². The van der Waals surface area contributed by atoms with Crippen LogP contribution in [0.15, 0.2) is 0 Å². The molecule has 0 saturated heterocycles. The highest BCUT2D eigenvalue weighted by atomic mass is 19.2. The topological polar surface area (TPSA) is 9.23 Å². The molecule has 0 aliphatic rings. The highest BCUT2D eigenvalue weighted by molar-refractivity contribution is 5.28. The molecule has 0 saturated carbocycles. The van der Waals surface area contributed by atoms with Gasteiger partial charge in [-0.25, -0.2) is 17.6 Å². The Labute approximate surface area is 96.4 Å². The first-order valence-electron chi connectivity index (χ1n) is 4.79. The van der Waals surface area contributed by atoms with Gasteiger partial charge in [-0.05, 0) is 13.8 Å². The molecule has 1 aromatic rings. The second-order valence-corrected chi connectivity index (χ2v) is 3.28. The van der Waals surface area contributed by atoms with Gasteiger partial charge in [-0.1, -0.05) is 5.92 Å². The smallest absolute Gasteiger partial charge is 0.167 e. The van der Waals surface area contributed by atoms with Gasteiger partial charge in [0.15, 0.2) is 23.3 Å². The number of benzene rings is 1. The average molecular weight is 246 g/mol. The lowest BCUT2D eigenvalue weighted by Crippen LogP contribution is -2.08. The molecule has 0 heterocycles. The summed E-state index contributed by atoms with van der Waals surface area (Å²) in [5.74, 6) is -0.650. The number of halogens is 4. The molecule has 0 N–H and O–H groups in total. The van der Waals surface area contributed by atoms with Crippen LogP contribution in [-0.4, -0.2) is 6.61 Å². The fourth-order valence-corrected chi connectivity index (χ4v) is 1.19. The van der Waals surface area contributed by atoms with Crippen molar-refractivity contribution >= 4 is 0 Å². The maximum Gasteiger partial charge on any atom is 0.167 e. The first-order valence-corrected chi connectivity index (χ1v) is 4.79. The van der Waals surface area contributed by atoms with Crippen LogP contribution in [0.1, 0.15) is 18.1 Å². The SMILES string of the molecule is CC#CCOCc1c(F)c(F)c(C)c(F)c1F. The lowest BCUT2D eigenvalue weighted by atomic mass is 10.1. The number of ether oxygens (including phenoxy) is 1. The van der Waals surface area contributed by atoms with Crippen LogP contribution in [0.4, 0.5) is 17.6 Å². The molecule has 0 fully saturated rings. The summed E-state index contributed by atoms with van der Waals surface area (Å²) in [6.45, 7) is 1.90. The molecule has 0 aromatic heterocycles. The van der Waals surface area contributed by atoms with Gasteiger partial charge in [0.05, 0.1) is 12.2 Å². The third-order valence-corrected chi connectivity index (χ3v) is 2.17. The molecular formula is C12H10F4O. The third-order valence-electron chi connectivity index (χ3n) is 2.17. The Kier molecular flexibility index (Phi) is 4.53. The summed E-state index contributed by atoms with van der Waals surface area (Å²) in [6.07, 6.45) is 0. The van der Waals surface area contributed by atoms with Crippen LogP contribution in [0.3, 0.4) is 0 Å². The second kappa shape index (κ2) is 5.69. The van der Waals surface area contributed by atoms with Crippen LogP contribution < -0.4 is 0 Å². The van der Waals surface area contributed by atoms with E-state index in [1.54, 1.807) is 6.92 Å². The average Bonchev–Trinajstić information content (AvgIpc) is 2.33. The Morgan fingerprint density at radius 2 is 1.53 bits per heavy atom. The van der Waals surface area contributed by atoms with E-state index in [0.717, 1.165) is 6.92 Å². The van der Waals surface area contributed by atoms with E-state index in [1.165, 1.54) is 0 Å². The zero-order valence-corrected chi connectivity index (χ0v) is 9.33. The minimum Gasteiger partial charge on any atom is -0.364 e. The molecule has 0 bridgehead atoms. The molecule has 0 amide bonds. The van der Waals surface area contributed by atoms with Gasteiger partial charge in [0, 0.05) is 5.56 Å². The lowest BCUT2D eigenvalue weighted by Gasteiger charge is -2.09. The Hall–Kier alpha value is -1.54. The Morgan fingerprint density at radius 1 is 1.00 bits per heavy atom. The highest BCUT2D eigenvalue weighted by Crippen LogP contribution is 2.23. The van der Waals surface area contributed by atoms with E-state index in [9.17, 15) is 17.6 Å². The summed E-state index contributed by atoms with van der Waals surface area (Å²) >= 11 is 0. The van der Waals surface area contributed by atoms with Crippen molar-refractivity contribution < 1.29 is 22.3 Å². The van der Waals surface area contributed by atoms with E-state index in [2.05, 4.69) is 11.8 Å². The van der Waals surface area contributed by atoms with E-state index in [0.29, 0.717) is 0 Å². The van der Waals surface area contributed by atoms with Gasteiger partial charge in [0.1, 0.15) is 6.61 Å². The van der Waals surface area contributed by atoms with Crippen molar-refractivity contribution in [2.75, 3.05) is 6.61 Å². The highest BCUT2D eigenvalue weighted by Gasteiger charge is 2.22. The first-order chi connectivity index (χ1) is 8.00. The van der Waals surface area contributed by atoms with Crippen molar-refractivity contribution in [1.29, 1.82) is 0 Å². The molecule has 1 nitrogen and oxygen atoms in total. The molecule has 0 spiro atoms. The van der Waals surface area contributed by atoms with Gasteiger partial charge in [0.2, 0.25) is 0 Å². The normalized spacial score (nSPS) is 10.0. The van der Waals surface area contributed by atoms with Crippen molar-refractivity contribution in [1.82, 2.24) is 0 Å². The minimum absolute atomic E-state index is 0.0630. The predicted octanol–water partition coefficient (Wildman–Crippen LogP) is 3.09. The fraction of sp³-hybridized carbons (Fsp3) is 0.333. The van der Waals surface area contributed by atoms with Crippen molar-refractivity contribution in [3.05, 3.63) is 34.4 Å². The van der Waals surface area contributed by atoms with E-state index >= 15 is 0 Å². The van der Waals surface area contributed by atoms with Gasteiger partial charge in [-0.2, -0.15) is 0 Å². The summed E-state index contributed by atoms with van der Waals surface area (Å²) in [4.78, 5) is 0. The van der Waals surface area contributed by atoms with Gasteiger partial charge in [-0.3, -0.25) is 0 Å². The molecule has 0 atom stereocenters. The Morgan fingerprint density at radius 3 is 2.00 bits per heavy atom. The van der Waals surface area contributed by atoms with Crippen LogP contribution >= 0.6 is 0 Å². The number of hydrogen-bond acceptors (Lipinski definition) is 1. The summed E-state index contributed by atoms with van der Waals surface area (Å²) in [5.41, 5.74) is -1.44. The van der Waals surface area contributed by atoms with E-state index in [-0.39, 0.29) is 6.61 Å². The monoisotopic (exact) mass is 246 g/mol. The summed E-state index contributed by atoms with van der Waals surface area (Å²) in [7, 11) is 0. The summed E-state index contributed by atoms with van der Waals surface area (Å²) in [6, 6.07) is 0. The molecule has 1 aromatic carbocycles. The van der Waals surface area contributed by atoms with E-state index in [1.807, 2.05) is 0 Å². The Bertz CT molecular complexity index is 456. The summed E-state index contributed by atoms with van der Waals surface area (Å²) < 4.78 is 57.7. The van der Waals surface area contributed by atoms with Crippen molar-refractivity contribution in [2.24, 2.45) is 0 Å². The van der Waals surface area contributed by atoms with Crippen LogP contribution in [0, 0.1) is 42.0 Å². The van der Waals surface area contributed by atoms with Crippen molar-refractivity contribution in [3.8, 4) is 11.8 Å². The maximum absolute atomic E-state index is 13.3. The quantitative estimate of drug-likeness (QED) is 0.344. The largest absolute Gasteiger partial charge is 0.364 e. The molecule has 0 aliphatic carbocycles. The molecule has 92 valence electrons. The van der Waals surface area contributed by atoms with Crippen molar-refractivity contribution in [3.63, 3.8) is 0 Å². The predicted molar refractivity (Wildman–Crippen MR) is 54.1 cm³/mol. The minimum atomic E-state index is -1.43.